The molecule has 0 saturated carbocycles. The van der Waals surface area contributed by atoms with Gasteiger partial charge < -0.3 is 19.6 Å². The summed E-state index contributed by atoms with van der Waals surface area (Å²) in [6.07, 6.45) is 1.71. The first kappa shape index (κ1) is 17.5. The number of rotatable bonds is 4. The first-order valence-corrected chi connectivity index (χ1v) is 9.61. The number of urea groups is 1. The molecule has 3 heterocycles. The molecule has 1 aliphatic rings. The molecule has 5 rings (SSSR count). The van der Waals surface area contributed by atoms with Gasteiger partial charge in [0, 0.05) is 24.5 Å². The molecule has 2 N–H and O–H groups in total. The van der Waals surface area contributed by atoms with Gasteiger partial charge >= 0.3 is 6.03 Å². The third-order valence-corrected chi connectivity index (χ3v) is 5.08. The predicted octanol–water partition coefficient (Wildman–Crippen LogP) is 4.29. The molecule has 2 amide bonds. The number of nitrogens with one attached hydrogen (secondary N) is 2. The lowest BCUT2D eigenvalue weighted by Crippen LogP contribution is -2.33. The second kappa shape index (κ2) is 7.44. The lowest BCUT2D eigenvalue weighted by atomic mass is 10.2. The van der Waals surface area contributed by atoms with Crippen molar-refractivity contribution >= 4 is 28.4 Å². The minimum Gasteiger partial charge on any atom is -0.468 e. The number of hydrogen-bond donors (Lipinski definition) is 2. The first-order valence-electron chi connectivity index (χ1n) is 9.61. The first-order chi connectivity index (χ1) is 14.2. The van der Waals surface area contributed by atoms with Crippen LogP contribution in [0.15, 0.2) is 71.3 Å². The molecule has 0 bridgehead atoms. The van der Waals surface area contributed by atoms with Crippen LogP contribution >= 0.6 is 0 Å². The van der Waals surface area contributed by atoms with Gasteiger partial charge in [0.15, 0.2) is 0 Å². The van der Waals surface area contributed by atoms with Crippen molar-refractivity contribution in [1.82, 2.24) is 14.5 Å². The van der Waals surface area contributed by atoms with E-state index < -0.39 is 0 Å². The molecule has 2 aromatic heterocycles. The van der Waals surface area contributed by atoms with Crippen LogP contribution in [0.5, 0.6) is 0 Å². The molecule has 1 aliphatic heterocycles. The number of hydrogen-bond acceptors (Lipinski definition) is 4. The van der Waals surface area contributed by atoms with E-state index in [1.165, 1.54) is 0 Å². The van der Waals surface area contributed by atoms with E-state index in [9.17, 15) is 4.79 Å². The summed E-state index contributed by atoms with van der Waals surface area (Å²) in [5, 5.41) is 5.70. The standard InChI is InChI=1S/C22H21N5O2/c28-22(23-16-5-2-1-3-6-16)24-17-8-9-20-19(13-17)25-21-15-26(10-11-27(20)21)14-18-7-4-12-29-18/h1-9,12-13H,10-11,14-15H2,(H2,23,24,28). The fourth-order valence-corrected chi connectivity index (χ4v) is 3.72. The van der Waals surface area contributed by atoms with E-state index in [0.29, 0.717) is 5.69 Å². The summed E-state index contributed by atoms with van der Waals surface area (Å²) in [5.74, 6) is 1.99. The minimum atomic E-state index is -0.274. The Kier molecular flexibility index (Phi) is 4.50. The molecular weight excluding hydrogens is 366 g/mol. The van der Waals surface area contributed by atoms with E-state index in [0.717, 1.165) is 54.5 Å². The maximum absolute atomic E-state index is 12.2. The van der Waals surface area contributed by atoms with Crippen LogP contribution in [-0.2, 0) is 19.6 Å². The third kappa shape index (κ3) is 3.72. The summed E-state index contributed by atoms with van der Waals surface area (Å²) in [7, 11) is 0. The molecule has 4 aromatic rings. The summed E-state index contributed by atoms with van der Waals surface area (Å²) in [5.41, 5.74) is 3.44. The monoisotopic (exact) mass is 387 g/mol. The van der Waals surface area contributed by atoms with Crippen LogP contribution in [-0.4, -0.2) is 27.0 Å². The van der Waals surface area contributed by atoms with Gasteiger partial charge in [-0.1, -0.05) is 18.2 Å². The molecule has 0 aliphatic carbocycles. The largest absolute Gasteiger partial charge is 0.468 e. The van der Waals surface area contributed by atoms with Gasteiger partial charge in [0.05, 0.1) is 30.4 Å². The van der Waals surface area contributed by atoms with Crippen LogP contribution in [0.4, 0.5) is 16.2 Å². The highest BCUT2D eigenvalue weighted by Crippen LogP contribution is 2.24. The summed E-state index contributed by atoms with van der Waals surface area (Å²) in [4.78, 5) is 19.4. The van der Waals surface area contributed by atoms with Crippen LogP contribution in [0.3, 0.4) is 0 Å². The molecule has 0 fully saturated rings. The Morgan fingerprint density at radius 2 is 1.86 bits per heavy atom. The number of nitrogens with zero attached hydrogens (tertiary/aromatic N) is 3. The molecule has 29 heavy (non-hydrogen) atoms. The highest BCUT2D eigenvalue weighted by Gasteiger charge is 2.21. The fraction of sp³-hybridized carbons (Fsp3) is 0.182. The molecule has 0 radical (unpaired) electrons. The Morgan fingerprint density at radius 1 is 1.00 bits per heavy atom. The number of benzene rings is 2. The number of carbonyl (C=O) groups is 1. The van der Waals surface area contributed by atoms with E-state index in [1.807, 2.05) is 60.7 Å². The molecule has 7 nitrogen and oxygen atoms in total. The van der Waals surface area contributed by atoms with Crippen molar-refractivity contribution < 1.29 is 9.21 Å². The van der Waals surface area contributed by atoms with E-state index in [2.05, 4.69) is 20.1 Å². The molecule has 0 saturated heterocycles. The Labute approximate surface area is 168 Å². The average Bonchev–Trinajstić information content (AvgIpc) is 3.35. The van der Waals surface area contributed by atoms with Gasteiger partial charge in [0.2, 0.25) is 0 Å². The van der Waals surface area contributed by atoms with Crippen LogP contribution in [0.1, 0.15) is 11.6 Å². The van der Waals surface area contributed by atoms with Crippen molar-refractivity contribution in [2.24, 2.45) is 0 Å². The Morgan fingerprint density at radius 3 is 2.69 bits per heavy atom. The number of aromatic nitrogens is 2. The topological polar surface area (TPSA) is 75.3 Å². The molecule has 0 unspecified atom stereocenters. The molecule has 7 heteroatoms. The predicted molar refractivity (Wildman–Crippen MR) is 112 cm³/mol. The van der Waals surface area contributed by atoms with Crippen LogP contribution in [0, 0.1) is 0 Å². The molecule has 0 atom stereocenters. The van der Waals surface area contributed by atoms with Gasteiger partial charge in [-0.2, -0.15) is 0 Å². The van der Waals surface area contributed by atoms with Crippen molar-refractivity contribution in [1.29, 1.82) is 0 Å². The second-order valence-corrected chi connectivity index (χ2v) is 7.12. The van der Waals surface area contributed by atoms with Gasteiger partial charge in [-0.25, -0.2) is 9.78 Å². The summed E-state index contributed by atoms with van der Waals surface area (Å²) >= 11 is 0. The van der Waals surface area contributed by atoms with Gasteiger partial charge in [-0.15, -0.1) is 0 Å². The fourth-order valence-electron chi connectivity index (χ4n) is 3.72. The van der Waals surface area contributed by atoms with Gasteiger partial charge in [-0.3, -0.25) is 4.90 Å². The maximum atomic E-state index is 12.2. The summed E-state index contributed by atoms with van der Waals surface area (Å²) in [6.45, 7) is 3.38. The van der Waals surface area contributed by atoms with Crippen LogP contribution < -0.4 is 10.6 Å². The smallest absolute Gasteiger partial charge is 0.323 e. The number of fused-ring (bicyclic) bond motifs is 3. The van der Waals surface area contributed by atoms with Crippen LogP contribution in [0.2, 0.25) is 0 Å². The average molecular weight is 387 g/mol. The van der Waals surface area contributed by atoms with E-state index >= 15 is 0 Å². The third-order valence-electron chi connectivity index (χ3n) is 5.08. The summed E-state index contributed by atoms with van der Waals surface area (Å²) < 4.78 is 7.72. The Hall–Kier alpha value is -3.58. The number of imidazole rings is 1. The minimum absolute atomic E-state index is 0.274. The number of furan rings is 1. The molecular formula is C22H21N5O2. The Bertz CT molecular complexity index is 1130. The van der Waals surface area contributed by atoms with Crippen molar-refractivity contribution in [2.75, 3.05) is 17.2 Å². The zero-order chi connectivity index (χ0) is 19.6. The maximum Gasteiger partial charge on any atom is 0.323 e. The number of amides is 2. The van der Waals surface area contributed by atoms with Gasteiger partial charge in [0.25, 0.3) is 0 Å². The normalized spacial score (nSPS) is 13.9. The van der Waals surface area contributed by atoms with E-state index in [-0.39, 0.29) is 6.03 Å². The highest BCUT2D eigenvalue weighted by atomic mass is 16.3. The van der Waals surface area contributed by atoms with Crippen LogP contribution in [0.25, 0.3) is 11.0 Å². The van der Waals surface area contributed by atoms with Crippen molar-refractivity contribution in [3.8, 4) is 0 Å². The Balaban J connectivity index is 1.31. The highest BCUT2D eigenvalue weighted by molar-refractivity contribution is 6.00. The SMILES string of the molecule is O=C(Nc1ccccc1)Nc1ccc2c(c1)nc1n2CCN(Cc2ccco2)C1. The number of carbonyl (C=O) groups excluding carboxylic acids is 1. The molecule has 2 aromatic carbocycles. The lowest BCUT2D eigenvalue weighted by Gasteiger charge is -2.26. The zero-order valence-corrected chi connectivity index (χ0v) is 15.8. The summed E-state index contributed by atoms with van der Waals surface area (Å²) in [6, 6.07) is 18.9. The lowest BCUT2D eigenvalue weighted by molar-refractivity contribution is 0.195. The van der Waals surface area contributed by atoms with Gasteiger partial charge in [-0.05, 0) is 42.5 Å². The van der Waals surface area contributed by atoms with E-state index in [4.69, 9.17) is 9.40 Å². The van der Waals surface area contributed by atoms with Crippen molar-refractivity contribution in [2.45, 2.75) is 19.6 Å². The quantitative estimate of drug-likeness (QED) is 0.548. The van der Waals surface area contributed by atoms with E-state index in [1.54, 1.807) is 6.26 Å². The molecule has 0 spiro atoms. The van der Waals surface area contributed by atoms with Crippen molar-refractivity contribution in [3.63, 3.8) is 0 Å². The molecule has 146 valence electrons. The number of para-hydroxylation sites is 1. The van der Waals surface area contributed by atoms with Gasteiger partial charge in [0.1, 0.15) is 11.6 Å². The zero-order valence-electron chi connectivity index (χ0n) is 15.8. The number of anilines is 2. The second-order valence-electron chi connectivity index (χ2n) is 7.12. The van der Waals surface area contributed by atoms with Crippen molar-refractivity contribution in [3.05, 3.63) is 78.5 Å².